The maximum absolute atomic E-state index is 12.0. The molecule has 0 heterocycles. The van der Waals surface area contributed by atoms with Gasteiger partial charge in [0.05, 0.1) is 20.3 Å². The Kier molecular flexibility index (Phi) is 4.61. The lowest BCUT2D eigenvalue weighted by molar-refractivity contribution is -0.171. The molecule has 0 aromatic carbocycles. The van der Waals surface area contributed by atoms with Crippen molar-refractivity contribution in [1.29, 1.82) is 0 Å². The van der Waals surface area contributed by atoms with Gasteiger partial charge in [0.15, 0.2) is 5.92 Å². The van der Waals surface area contributed by atoms with Gasteiger partial charge in [-0.2, -0.15) is 0 Å². The molecule has 0 aromatic heterocycles. The van der Waals surface area contributed by atoms with Crippen molar-refractivity contribution in [2.24, 2.45) is 16.7 Å². The molecule has 0 spiro atoms. The summed E-state index contributed by atoms with van der Waals surface area (Å²) in [7, 11) is 4.23. The molecule has 0 N–H and O–H groups in total. The largest absolute Gasteiger partial charge is 0.468 e. The van der Waals surface area contributed by atoms with Crippen molar-refractivity contribution in [1.82, 2.24) is 0 Å². The molecule has 0 aromatic rings. The van der Waals surface area contributed by atoms with Crippen molar-refractivity contribution >= 4 is 11.9 Å². The van der Waals surface area contributed by atoms with Crippen LogP contribution < -0.4 is 0 Å². The summed E-state index contributed by atoms with van der Waals surface area (Å²) in [6, 6.07) is 0. The second kappa shape index (κ2) is 5.49. The van der Waals surface area contributed by atoms with Gasteiger partial charge in [-0.05, 0) is 23.7 Å². The van der Waals surface area contributed by atoms with Gasteiger partial charge in [-0.15, -0.1) is 0 Å². The zero-order valence-corrected chi connectivity index (χ0v) is 12.6. The van der Waals surface area contributed by atoms with Gasteiger partial charge in [-0.25, -0.2) is 0 Å². The van der Waals surface area contributed by atoms with Gasteiger partial charge >= 0.3 is 11.9 Å². The fraction of sp³-hybridized carbons (Fsp3) is 0.857. The fourth-order valence-electron chi connectivity index (χ4n) is 3.26. The van der Waals surface area contributed by atoms with Crippen LogP contribution in [0, 0.1) is 16.7 Å². The maximum Gasteiger partial charge on any atom is 0.320 e. The summed E-state index contributed by atoms with van der Waals surface area (Å²) in [6.07, 6.45) is 1.53. The first-order valence-corrected chi connectivity index (χ1v) is 6.44. The third-order valence-electron chi connectivity index (χ3n) is 5.00. The second-order valence-electron chi connectivity index (χ2n) is 5.88. The van der Waals surface area contributed by atoms with Crippen LogP contribution in [0.1, 0.15) is 33.6 Å². The molecule has 1 fully saturated rings. The van der Waals surface area contributed by atoms with E-state index in [1.807, 2.05) is 20.8 Å². The van der Waals surface area contributed by atoms with Crippen molar-refractivity contribution < 1.29 is 23.8 Å². The predicted molar refractivity (Wildman–Crippen MR) is 69.4 cm³/mol. The van der Waals surface area contributed by atoms with E-state index in [1.165, 1.54) is 14.2 Å². The Bertz CT molecular complexity index is 347. The number of carbonyl (C=O) groups is 2. The standard InChI is InChI=1S/C14H24O5/c1-13(2)9(17-4)7-8-14(13,3)10(11(15)18-5)12(16)19-6/h9-10H,7-8H2,1-6H3. The van der Waals surface area contributed by atoms with Crippen LogP contribution in [-0.4, -0.2) is 39.4 Å². The Morgan fingerprint density at radius 3 is 1.84 bits per heavy atom. The highest BCUT2D eigenvalue weighted by atomic mass is 16.5. The molecule has 5 heteroatoms. The van der Waals surface area contributed by atoms with Crippen LogP contribution in [0.5, 0.6) is 0 Å². The summed E-state index contributed by atoms with van der Waals surface area (Å²) < 4.78 is 15.1. The summed E-state index contributed by atoms with van der Waals surface area (Å²) in [5, 5.41) is 0. The molecule has 110 valence electrons. The Morgan fingerprint density at radius 2 is 1.53 bits per heavy atom. The highest BCUT2D eigenvalue weighted by molar-refractivity contribution is 5.96. The van der Waals surface area contributed by atoms with E-state index in [-0.39, 0.29) is 11.5 Å². The van der Waals surface area contributed by atoms with Crippen molar-refractivity contribution in [2.45, 2.75) is 39.7 Å². The van der Waals surface area contributed by atoms with Crippen LogP contribution in [0.3, 0.4) is 0 Å². The molecule has 1 saturated carbocycles. The molecular formula is C14H24O5. The van der Waals surface area contributed by atoms with E-state index in [9.17, 15) is 9.59 Å². The topological polar surface area (TPSA) is 61.8 Å². The van der Waals surface area contributed by atoms with Gasteiger partial charge in [0.1, 0.15) is 0 Å². The van der Waals surface area contributed by atoms with Crippen molar-refractivity contribution in [3.8, 4) is 0 Å². The molecule has 0 aliphatic heterocycles. The number of rotatable bonds is 4. The molecule has 0 saturated heterocycles. The van der Waals surface area contributed by atoms with Gasteiger partial charge in [0.25, 0.3) is 0 Å². The minimum Gasteiger partial charge on any atom is -0.468 e. The van der Waals surface area contributed by atoms with E-state index in [1.54, 1.807) is 7.11 Å². The number of hydrogen-bond donors (Lipinski definition) is 0. The maximum atomic E-state index is 12.0. The first-order valence-electron chi connectivity index (χ1n) is 6.44. The number of esters is 2. The Morgan fingerprint density at radius 1 is 1.05 bits per heavy atom. The monoisotopic (exact) mass is 272 g/mol. The van der Waals surface area contributed by atoms with Gasteiger partial charge in [-0.1, -0.05) is 20.8 Å². The molecular weight excluding hydrogens is 248 g/mol. The molecule has 2 atom stereocenters. The summed E-state index contributed by atoms with van der Waals surface area (Å²) in [6.45, 7) is 5.98. The molecule has 1 rings (SSSR count). The quantitative estimate of drug-likeness (QED) is 0.577. The molecule has 2 unspecified atom stereocenters. The first-order chi connectivity index (χ1) is 8.76. The van der Waals surface area contributed by atoms with Gasteiger partial charge in [0.2, 0.25) is 0 Å². The van der Waals surface area contributed by atoms with E-state index in [0.717, 1.165) is 6.42 Å². The van der Waals surface area contributed by atoms with E-state index < -0.39 is 23.3 Å². The smallest absolute Gasteiger partial charge is 0.320 e. The van der Waals surface area contributed by atoms with Crippen molar-refractivity contribution in [3.05, 3.63) is 0 Å². The van der Waals surface area contributed by atoms with Crippen LogP contribution >= 0.6 is 0 Å². The molecule has 5 nitrogen and oxygen atoms in total. The van der Waals surface area contributed by atoms with Crippen LogP contribution in [0.2, 0.25) is 0 Å². The van der Waals surface area contributed by atoms with Gasteiger partial charge in [-0.3, -0.25) is 9.59 Å². The van der Waals surface area contributed by atoms with Crippen molar-refractivity contribution in [3.63, 3.8) is 0 Å². The highest BCUT2D eigenvalue weighted by Crippen LogP contribution is 2.58. The molecule has 0 radical (unpaired) electrons. The average Bonchev–Trinajstić information content (AvgIpc) is 2.60. The fourth-order valence-corrected chi connectivity index (χ4v) is 3.26. The molecule has 0 amide bonds. The first kappa shape index (κ1) is 16.0. The lowest BCUT2D eigenvalue weighted by Crippen LogP contribution is -2.49. The molecule has 1 aliphatic rings. The molecule has 1 aliphatic carbocycles. The van der Waals surface area contributed by atoms with E-state index in [4.69, 9.17) is 14.2 Å². The van der Waals surface area contributed by atoms with Crippen LogP contribution in [0.15, 0.2) is 0 Å². The lowest BCUT2D eigenvalue weighted by atomic mass is 9.61. The second-order valence-corrected chi connectivity index (χ2v) is 5.88. The molecule has 19 heavy (non-hydrogen) atoms. The Balaban J connectivity index is 3.21. The van der Waals surface area contributed by atoms with Crippen LogP contribution in [-0.2, 0) is 23.8 Å². The summed E-state index contributed by atoms with van der Waals surface area (Å²) in [5.41, 5.74) is -0.872. The average molecular weight is 272 g/mol. The number of carbonyl (C=O) groups excluding carboxylic acids is 2. The van der Waals surface area contributed by atoms with Gasteiger partial charge < -0.3 is 14.2 Å². The summed E-state index contributed by atoms with van der Waals surface area (Å²) >= 11 is 0. The number of methoxy groups -OCH3 is 3. The number of hydrogen-bond acceptors (Lipinski definition) is 5. The predicted octanol–water partition coefficient (Wildman–Crippen LogP) is 1.79. The van der Waals surface area contributed by atoms with E-state index in [2.05, 4.69) is 0 Å². The summed E-state index contributed by atoms with van der Waals surface area (Å²) in [5.74, 6) is -2.00. The Hall–Kier alpha value is -1.10. The Labute approximate surface area is 114 Å². The van der Waals surface area contributed by atoms with E-state index >= 15 is 0 Å². The van der Waals surface area contributed by atoms with Crippen LogP contribution in [0.25, 0.3) is 0 Å². The lowest BCUT2D eigenvalue weighted by Gasteiger charge is -2.43. The van der Waals surface area contributed by atoms with Crippen LogP contribution in [0.4, 0.5) is 0 Å². The normalized spacial score (nSPS) is 29.3. The number of ether oxygens (including phenoxy) is 3. The summed E-state index contributed by atoms with van der Waals surface area (Å²) in [4.78, 5) is 24.0. The minimum absolute atomic E-state index is 0.00862. The van der Waals surface area contributed by atoms with E-state index in [0.29, 0.717) is 6.42 Å². The zero-order valence-electron chi connectivity index (χ0n) is 12.6. The zero-order chi connectivity index (χ0) is 14.8. The van der Waals surface area contributed by atoms with Crippen molar-refractivity contribution in [2.75, 3.05) is 21.3 Å². The minimum atomic E-state index is -0.919. The third-order valence-corrected chi connectivity index (χ3v) is 5.00. The van der Waals surface area contributed by atoms with Gasteiger partial charge in [0, 0.05) is 7.11 Å². The molecule has 0 bridgehead atoms. The third kappa shape index (κ3) is 2.36. The SMILES string of the molecule is COC(=O)C(C(=O)OC)C1(C)CCC(OC)C1(C)C. The highest BCUT2D eigenvalue weighted by Gasteiger charge is 2.60.